The highest BCUT2D eigenvalue weighted by atomic mass is 31.2. The van der Waals surface area contributed by atoms with Crippen molar-refractivity contribution in [3.05, 3.63) is 30.3 Å². The molecule has 0 radical (unpaired) electrons. The topological polar surface area (TPSA) is 27.7 Å². The second-order valence-electron chi connectivity index (χ2n) is 4.83. The molecule has 1 aromatic carbocycles. The SMILES string of the molecule is CC1(C)OP(Oc2ccccc2)OC1(C)C. The fourth-order valence-corrected chi connectivity index (χ4v) is 2.81. The molecule has 1 saturated heterocycles. The van der Waals surface area contributed by atoms with E-state index in [1.807, 2.05) is 58.0 Å². The summed E-state index contributed by atoms with van der Waals surface area (Å²) < 4.78 is 17.2. The Bertz CT molecular complexity index is 346. The van der Waals surface area contributed by atoms with Crippen LogP contribution in [0.1, 0.15) is 27.7 Å². The fraction of sp³-hybridized carbons (Fsp3) is 0.500. The van der Waals surface area contributed by atoms with Crippen LogP contribution < -0.4 is 4.52 Å². The van der Waals surface area contributed by atoms with E-state index in [1.54, 1.807) is 0 Å². The maximum absolute atomic E-state index is 5.79. The highest BCUT2D eigenvalue weighted by molar-refractivity contribution is 7.42. The van der Waals surface area contributed by atoms with Crippen LogP contribution in [0, 0.1) is 0 Å². The van der Waals surface area contributed by atoms with Crippen LogP contribution >= 0.6 is 8.60 Å². The minimum Gasteiger partial charge on any atom is -0.427 e. The Hall–Kier alpha value is -0.630. The predicted octanol–water partition coefficient (Wildman–Crippen LogP) is 3.90. The third kappa shape index (κ3) is 2.22. The molecule has 16 heavy (non-hydrogen) atoms. The lowest BCUT2D eigenvalue weighted by molar-refractivity contribution is 0.00578. The van der Waals surface area contributed by atoms with Crippen molar-refractivity contribution in [2.75, 3.05) is 0 Å². The quantitative estimate of drug-likeness (QED) is 0.734. The standard InChI is InChI=1S/C12H17O3P/c1-11(2)12(3,4)15-16(14-11)13-10-8-6-5-7-9-10/h5-9H,1-4H3. The van der Waals surface area contributed by atoms with Gasteiger partial charge in [-0.2, -0.15) is 0 Å². The molecule has 2 rings (SSSR count). The second kappa shape index (κ2) is 3.99. The van der Waals surface area contributed by atoms with Gasteiger partial charge in [-0.1, -0.05) is 18.2 Å². The van der Waals surface area contributed by atoms with Crippen molar-refractivity contribution in [2.24, 2.45) is 0 Å². The van der Waals surface area contributed by atoms with Crippen LogP contribution in [0.25, 0.3) is 0 Å². The van der Waals surface area contributed by atoms with Crippen LogP contribution in [0.4, 0.5) is 0 Å². The third-order valence-corrected chi connectivity index (χ3v) is 4.55. The summed E-state index contributed by atoms with van der Waals surface area (Å²) in [6, 6.07) is 9.60. The molecule has 0 aliphatic carbocycles. The molecule has 1 aliphatic heterocycles. The molecule has 0 bridgehead atoms. The number of hydrogen-bond acceptors (Lipinski definition) is 3. The molecule has 0 spiro atoms. The van der Waals surface area contributed by atoms with Crippen molar-refractivity contribution in [1.29, 1.82) is 0 Å². The summed E-state index contributed by atoms with van der Waals surface area (Å²) in [5, 5.41) is 0. The Morgan fingerprint density at radius 2 is 1.44 bits per heavy atom. The molecular weight excluding hydrogens is 223 g/mol. The van der Waals surface area contributed by atoms with E-state index < -0.39 is 8.60 Å². The minimum atomic E-state index is -1.30. The Balaban J connectivity index is 2.05. The molecule has 0 amide bonds. The molecule has 1 aliphatic rings. The van der Waals surface area contributed by atoms with Gasteiger partial charge < -0.3 is 4.52 Å². The van der Waals surface area contributed by atoms with Gasteiger partial charge in [0.2, 0.25) is 0 Å². The zero-order valence-electron chi connectivity index (χ0n) is 10.1. The van der Waals surface area contributed by atoms with Gasteiger partial charge in [0.25, 0.3) is 0 Å². The number of para-hydroxylation sites is 1. The molecule has 1 heterocycles. The molecule has 3 nitrogen and oxygen atoms in total. The van der Waals surface area contributed by atoms with Crippen LogP contribution in [0.2, 0.25) is 0 Å². The van der Waals surface area contributed by atoms with E-state index in [1.165, 1.54) is 0 Å². The van der Waals surface area contributed by atoms with Crippen molar-refractivity contribution in [3.8, 4) is 5.75 Å². The largest absolute Gasteiger partial charge is 0.427 e. The molecule has 1 aromatic rings. The van der Waals surface area contributed by atoms with E-state index in [4.69, 9.17) is 13.6 Å². The highest BCUT2D eigenvalue weighted by Crippen LogP contribution is 2.58. The Morgan fingerprint density at radius 1 is 0.938 bits per heavy atom. The first-order valence-corrected chi connectivity index (χ1v) is 6.42. The highest BCUT2D eigenvalue weighted by Gasteiger charge is 2.51. The van der Waals surface area contributed by atoms with Gasteiger partial charge in [0, 0.05) is 0 Å². The van der Waals surface area contributed by atoms with Gasteiger partial charge in [0.15, 0.2) is 0 Å². The summed E-state index contributed by atoms with van der Waals surface area (Å²) in [5.41, 5.74) is -0.652. The summed E-state index contributed by atoms with van der Waals surface area (Å²) in [7, 11) is -1.30. The molecule has 0 atom stereocenters. The van der Waals surface area contributed by atoms with Crippen molar-refractivity contribution in [2.45, 2.75) is 38.9 Å². The predicted molar refractivity (Wildman–Crippen MR) is 64.3 cm³/mol. The Kier molecular flexibility index (Phi) is 2.95. The number of hydrogen-bond donors (Lipinski definition) is 0. The second-order valence-corrected chi connectivity index (χ2v) is 5.83. The van der Waals surface area contributed by atoms with E-state index in [2.05, 4.69) is 0 Å². The number of rotatable bonds is 2. The molecule has 0 N–H and O–H groups in total. The molecular formula is C12H17O3P. The van der Waals surface area contributed by atoms with Crippen molar-refractivity contribution in [3.63, 3.8) is 0 Å². The van der Waals surface area contributed by atoms with Gasteiger partial charge in [0.1, 0.15) is 17.0 Å². The molecule has 0 unspecified atom stereocenters. The van der Waals surface area contributed by atoms with E-state index in [-0.39, 0.29) is 11.2 Å². The van der Waals surface area contributed by atoms with Crippen LogP contribution in [0.3, 0.4) is 0 Å². The summed E-state index contributed by atoms with van der Waals surface area (Å²) in [6.45, 7) is 8.07. The van der Waals surface area contributed by atoms with Crippen molar-refractivity contribution >= 4 is 8.60 Å². The van der Waals surface area contributed by atoms with Gasteiger partial charge in [-0.25, -0.2) is 0 Å². The fourth-order valence-electron chi connectivity index (χ4n) is 1.22. The maximum Gasteiger partial charge on any atom is 0.398 e. The third-order valence-electron chi connectivity index (χ3n) is 2.98. The van der Waals surface area contributed by atoms with E-state index in [0.717, 1.165) is 5.75 Å². The molecule has 0 aromatic heterocycles. The van der Waals surface area contributed by atoms with E-state index in [0.29, 0.717) is 0 Å². The summed E-state index contributed by atoms with van der Waals surface area (Å²) in [4.78, 5) is 0. The molecule has 4 heteroatoms. The summed E-state index contributed by atoms with van der Waals surface area (Å²) in [6.07, 6.45) is 0. The monoisotopic (exact) mass is 240 g/mol. The van der Waals surface area contributed by atoms with Gasteiger partial charge in [0.05, 0.1) is 0 Å². The summed E-state index contributed by atoms with van der Waals surface area (Å²) in [5.74, 6) is 0.780. The van der Waals surface area contributed by atoms with Crippen LogP contribution in [0.15, 0.2) is 30.3 Å². The van der Waals surface area contributed by atoms with Crippen LogP contribution in [0.5, 0.6) is 5.75 Å². The first-order chi connectivity index (χ1) is 7.41. The maximum atomic E-state index is 5.79. The Labute approximate surface area is 97.7 Å². The van der Waals surface area contributed by atoms with E-state index >= 15 is 0 Å². The smallest absolute Gasteiger partial charge is 0.398 e. The first-order valence-electron chi connectivity index (χ1n) is 5.32. The van der Waals surface area contributed by atoms with Gasteiger partial charge in [-0.05, 0) is 39.8 Å². The van der Waals surface area contributed by atoms with E-state index in [9.17, 15) is 0 Å². The average Bonchev–Trinajstić information content (AvgIpc) is 2.36. The Morgan fingerprint density at radius 3 is 1.94 bits per heavy atom. The van der Waals surface area contributed by atoms with Crippen molar-refractivity contribution in [1.82, 2.24) is 0 Å². The average molecular weight is 240 g/mol. The first kappa shape index (κ1) is 11.8. The molecule has 0 saturated carbocycles. The summed E-state index contributed by atoms with van der Waals surface area (Å²) >= 11 is 0. The lowest BCUT2D eigenvalue weighted by Gasteiger charge is -2.29. The van der Waals surface area contributed by atoms with Crippen LogP contribution in [-0.4, -0.2) is 11.2 Å². The normalized spacial score (nSPS) is 23.2. The number of benzene rings is 1. The lowest BCUT2D eigenvalue weighted by atomic mass is 9.90. The van der Waals surface area contributed by atoms with Crippen molar-refractivity contribution < 1.29 is 13.6 Å². The zero-order chi connectivity index (χ0) is 11.8. The minimum absolute atomic E-state index is 0.326. The molecule has 1 fully saturated rings. The van der Waals surface area contributed by atoms with Crippen LogP contribution in [-0.2, 0) is 9.05 Å². The molecule has 88 valence electrons. The van der Waals surface area contributed by atoms with Gasteiger partial charge in [-0.3, -0.25) is 9.05 Å². The zero-order valence-corrected chi connectivity index (χ0v) is 11.0. The van der Waals surface area contributed by atoms with Gasteiger partial charge in [-0.15, -0.1) is 0 Å². The lowest BCUT2D eigenvalue weighted by Crippen LogP contribution is -2.41. The van der Waals surface area contributed by atoms with Gasteiger partial charge >= 0.3 is 8.60 Å².